The van der Waals surface area contributed by atoms with Gasteiger partial charge in [-0.15, -0.1) is 0 Å². The Hall–Kier alpha value is -2.49. The van der Waals surface area contributed by atoms with Crippen molar-refractivity contribution >= 4 is 17.4 Å². The van der Waals surface area contributed by atoms with E-state index in [9.17, 15) is 9.90 Å². The number of phenols is 1. The maximum atomic E-state index is 11.9. The minimum absolute atomic E-state index is 0.0404. The first-order valence-electron chi connectivity index (χ1n) is 6.00. The van der Waals surface area contributed by atoms with E-state index in [1.807, 2.05) is 32.0 Å². The predicted molar refractivity (Wildman–Crippen MR) is 76.7 cm³/mol. The molecule has 0 fully saturated rings. The first-order valence-corrected chi connectivity index (χ1v) is 6.00. The number of anilines is 2. The zero-order chi connectivity index (χ0) is 13.8. The molecule has 4 nitrogen and oxygen atoms in total. The van der Waals surface area contributed by atoms with Gasteiger partial charge in [0, 0.05) is 5.69 Å². The van der Waals surface area contributed by atoms with E-state index in [2.05, 4.69) is 10.6 Å². The highest BCUT2D eigenvalue weighted by atomic mass is 16.3. The van der Waals surface area contributed by atoms with Crippen molar-refractivity contribution in [1.29, 1.82) is 0 Å². The van der Waals surface area contributed by atoms with Gasteiger partial charge in [-0.25, -0.2) is 4.79 Å². The van der Waals surface area contributed by atoms with Crippen molar-refractivity contribution in [3.8, 4) is 5.75 Å². The maximum absolute atomic E-state index is 11.9. The van der Waals surface area contributed by atoms with Crippen molar-refractivity contribution in [2.75, 3.05) is 10.6 Å². The molecule has 0 unspecified atom stereocenters. The van der Waals surface area contributed by atoms with E-state index in [-0.39, 0.29) is 11.8 Å². The average Bonchev–Trinajstić information content (AvgIpc) is 2.38. The Balaban J connectivity index is 2.10. The number of benzene rings is 2. The molecule has 0 aliphatic heterocycles. The van der Waals surface area contributed by atoms with Gasteiger partial charge in [-0.3, -0.25) is 0 Å². The molecule has 0 heterocycles. The molecule has 0 atom stereocenters. The van der Waals surface area contributed by atoms with Crippen LogP contribution in [0.4, 0.5) is 16.2 Å². The van der Waals surface area contributed by atoms with Crippen LogP contribution in [0.3, 0.4) is 0 Å². The number of hydrogen-bond donors (Lipinski definition) is 3. The minimum atomic E-state index is -0.379. The van der Waals surface area contributed by atoms with Crippen molar-refractivity contribution in [3.05, 3.63) is 53.6 Å². The number of nitrogens with one attached hydrogen (secondary N) is 2. The quantitative estimate of drug-likeness (QED) is 0.718. The van der Waals surface area contributed by atoms with Gasteiger partial charge >= 0.3 is 6.03 Å². The molecule has 2 aromatic carbocycles. The molecular weight excluding hydrogens is 240 g/mol. The molecule has 98 valence electrons. The summed E-state index contributed by atoms with van der Waals surface area (Å²) < 4.78 is 0. The SMILES string of the molecule is Cc1cccc(NC(=O)Nc2ccccc2O)c1C. The Kier molecular flexibility index (Phi) is 3.71. The number of urea groups is 1. The molecule has 0 bridgehead atoms. The first kappa shape index (κ1) is 13.0. The molecule has 2 aromatic rings. The van der Waals surface area contributed by atoms with Crippen molar-refractivity contribution < 1.29 is 9.90 Å². The topological polar surface area (TPSA) is 61.4 Å². The highest BCUT2D eigenvalue weighted by Crippen LogP contribution is 2.22. The van der Waals surface area contributed by atoms with Crippen LogP contribution in [0.5, 0.6) is 5.75 Å². The first-order chi connectivity index (χ1) is 9.08. The van der Waals surface area contributed by atoms with E-state index >= 15 is 0 Å². The predicted octanol–water partition coefficient (Wildman–Crippen LogP) is 3.65. The molecule has 19 heavy (non-hydrogen) atoms. The second-order valence-corrected chi connectivity index (χ2v) is 4.34. The number of carbonyl (C=O) groups excluding carboxylic acids is 1. The third-order valence-electron chi connectivity index (χ3n) is 3.01. The molecule has 0 aliphatic carbocycles. The van der Waals surface area contributed by atoms with Crippen LogP contribution in [0.25, 0.3) is 0 Å². The number of amides is 2. The molecular formula is C15H16N2O2. The summed E-state index contributed by atoms with van der Waals surface area (Å²) in [6.45, 7) is 3.94. The molecule has 0 aliphatic rings. The molecule has 0 aromatic heterocycles. The normalized spacial score (nSPS) is 10.0. The molecule has 4 heteroatoms. The van der Waals surface area contributed by atoms with Gasteiger partial charge in [0.25, 0.3) is 0 Å². The number of rotatable bonds is 2. The van der Waals surface area contributed by atoms with Crippen molar-refractivity contribution in [3.63, 3.8) is 0 Å². The lowest BCUT2D eigenvalue weighted by Gasteiger charge is -2.12. The van der Waals surface area contributed by atoms with Crippen LogP contribution in [0.2, 0.25) is 0 Å². The third kappa shape index (κ3) is 3.04. The standard InChI is InChI=1S/C15H16N2O2/c1-10-6-5-8-12(11(10)2)16-15(19)17-13-7-3-4-9-14(13)18/h3-9,18H,1-2H3,(H2,16,17,19). The fourth-order valence-electron chi connectivity index (χ4n) is 1.74. The van der Waals surface area contributed by atoms with Gasteiger partial charge < -0.3 is 15.7 Å². The number of aromatic hydroxyl groups is 1. The summed E-state index contributed by atoms with van der Waals surface area (Å²) in [5.74, 6) is 0.0404. The largest absolute Gasteiger partial charge is 0.506 e. The van der Waals surface area contributed by atoms with Crippen LogP contribution in [0.15, 0.2) is 42.5 Å². The van der Waals surface area contributed by atoms with Gasteiger partial charge in [0.05, 0.1) is 5.69 Å². The van der Waals surface area contributed by atoms with Crippen LogP contribution < -0.4 is 10.6 Å². The number of carbonyl (C=O) groups is 1. The zero-order valence-corrected chi connectivity index (χ0v) is 10.9. The molecule has 2 amide bonds. The van der Waals surface area contributed by atoms with E-state index in [1.165, 1.54) is 6.07 Å². The zero-order valence-electron chi connectivity index (χ0n) is 10.9. The van der Waals surface area contributed by atoms with Crippen LogP contribution in [-0.4, -0.2) is 11.1 Å². The summed E-state index contributed by atoms with van der Waals surface area (Å²) >= 11 is 0. The van der Waals surface area contributed by atoms with E-state index in [4.69, 9.17) is 0 Å². The Bertz CT molecular complexity index is 609. The fraction of sp³-hybridized carbons (Fsp3) is 0.133. The minimum Gasteiger partial charge on any atom is -0.506 e. The van der Waals surface area contributed by atoms with Crippen LogP contribution >= 0.6 is 0 Å². The van der Waals surface area contributed by atoms with Gasteiger partial charge in [-0.05, 0) is 43.2 Å². The maximum Gasteiger partial charge on any atom is 0.323 e. The lowest BCUT2D eigenvalue weighted by atomic mass is 10.1. The second kappa shape index (κ2) is 5.44. The molecule has 0 spiro atoms. The smallest absolute Gasteiger partial charge is 0.323 e. The Labute approximate surface area is 112 Å². The fourth-order valence-corrected chi connectivity index (χ4v) is 1.74. The molecule has 0 saturated carbocycles. The summed E-state index contributed by atoms with van der Waals surface area (Å²) in [7, 11) is 0. The van der Waals surface area contributed by atoms with Gasteiger partial charge in [0.2, 0.25) is 0 Å². The molecule has 2 rings (SSSR count). The number of aryl methyl sites for hydroxylation is 1. The van der Waals surface area contributed by atoms with Gasteiger partial charge in [-0.1, -0.05) is 24.3 Å². The van der Waals surface area contributed by atoms with Gasteiger partial charge in [0.1, 0.15) is 5.75 Å². The van der Waals surface area contributed by atoms with E-state index < -0.39 is 0 Å². The summed E-state index contributed by atoms with van der Waals surface area (Å²) in [6, 6.07) is 11.9. The Morgan fingerprint density at radius 3 is 2.32 bits per heavy atom. The number of para-hydroxylation sites is 2. The molecule has 0 radical (unpaired) electrons. The number of phenolic OH excluding ortho intramolecular Hbond substituents is 1. The average molecular weight is 256 g/mol. The van der Waals surface area contributed by atoms with Crippen molar-refractivity contribution in [1.82, 2.24) is 0 Å². The summed E-state index contributed by atoms with van der Waals surface area (Å²) in [5, 5.41) is 15.0. The van der Waals surface area contributed by atoms with E-state index in [0.29, 0.717) is 5.69 Å². The Morgan fingerprint density at radius 1 is 0.947 bits per heavy atom. The van der Waals surface area contributed by atoms with E-state index in [0.717, 1.165) is 16.8 Å². The van der Waals surface area contributed by atoms with Crippen LogP contribution in [0.1, 0.15) is 11.1 Å². The second-order valence-electron chi connectivity index (χ2n) is 4.34. The summed E-state index contributed by atoms with van der Waals surface area (Å²) in [6.07, 6.45) is 0. The number of hydrogen-bond acceptors (Lipinski definition) is 2. The van der Waals surface area contributed by atoms with Crippen molar-refractivity contribution in [2.45, 2.75) is 13.8 Å². The van der Waals surface area contributed by atoms with E-state index in [1.54, 1.807) is 18.2 Å². The van der Waals surface area contributed by atoms with Gasteiger partial charge in [-0.2, -0.15) is 0 Å². The highest BCUT2D eigenvalue weighted by Gasteiger charge is 2.07. The summed E-state index contributed by atoms with van der Waals surface area (Å²) in [4.78, 5) is 11.9. The Morgan fingerprint density at radius 2 is 1.58 bits per heavy atom. The van der Waals surface area contributed by atoms with Crippen molar-refractivity contribution in [2.24, 2.45) is 0 Å². The monoisotopic (exact) mass is 256 g/mol. The lowest BCUT2D eigenvalue weighted by Crippen LogP contribution is -2.20. The van der Waals surface area contributed by atoms with Gasteiger partial charge in [0.15, 0.2) is 0 Å². The molecule has 0 saturated heterocycles. The lowest BCUT2D eigenvalue weighted by molar-refractivity contribution is 0.262. The van der Waals surface area contributed by atoms with Crippen LogP contribution in [-0.2, 0) is 0 Å². The molecule has 3 N–H and O–H groups in total. The third-order valence-corrected chi connectivity index (χ3v) is 3.01. The summed E-state index contributed by atoms with van der Waals surface area (Å²) in [5.41, 5.74) is 3.27. The highest BCUT2D eigenvalue weighted by molar-refractivity contribution is 6.01. The van der Waals surface area contributed by atoms with Crippen LogP contribution in [0, 0.1) is 13.8 Å².